The van der Waals surface area contributed by atoms with Crippen LogP contribution in [0.25, 0.3) is 0 Å². The number of benzene rings is 2. The molecule has 1 N–H and O–H groups in total. The van der Waals surface area contributed by atoms with E-state index in [1.165, 1.54) is 5.56 Å². The number of likely N-dealkylation sites (N-methyl/N-ethyl adjacent to an activating group) is 1. The number of carbonyl (C=O) groups is 2. The van der Waals surface area contributed by atoms with Gasteiger partial charge in [0.2, 0.25) is 0 Å². The molecule has 6 nitrogen and oxygen atoms in total. The van der Waals surface area contributed by atoms with Gasteiger partial charge in [-0.25, -0.2) is 0 Å². The molecule has 1 fully saturated rings. The van der Waals surface area contributed by atoms with Gasteiger partial charge in [0.15, 0.2) is 6.10 Å². The van der Waals surface area contributed by atoms with Crippen molar-refractivity contribution in [2.45, 2.75) is 46.3 Å². The first-order chi connectivity index (χ1) is 15.8. The summed E-state index contributed by atoms with van der Waals surface area (Å²) in [6, 6.07) is 17.8. The number of nitrogens with one attached hydrogen (secondary N) is 1. The average molecular weight is 446 g/mol. The SMILES string of the molecule is Cc1cc(OC2CCN(C)C2=O)ccc1NC(=O)c1cc(C)n(C(C)c2ccccc2)c1C. The normalized spacial score (nSPS) is 16.7. The molecule has 33 heavy (non-hydrogen) atoms. The number of nitrogens with zero attached hydrogens (tertiary/aromatic N) is 2. The van der Waals surface area contributed by atoms with Crippen LogP contribution in [0.4, 0.5) is 5.69 Å². The Hall–Kier alpha value is -3.54. The van der Waals surface area contributed by atoms with E-state index in [9.17, 15) is 9.59 Å². The first kappa shape index (κ1) is 22.6. The molecule has 4 rings (SSSR count). The van der Waals surface area contributed by atoms with Gasteiger partial charge < -0.3 is 19.5 Å². The number of hydrogen-bond donors (Lipinski definition) is 1. The summed E-state index contributed by atoms with van der Waals surface area (Å²) in [7, 11) is 1.78. The van der Waals surface area contributed by atoms with Gasteiger partial charge in [-0.1, -0.05) is 30.3 Å². The van der Waals surface area contributed by atoms with Crippen molar-refractivity contribution in [1.82, 2.24) is 9.47 Å². The predicted molar refractivity (Wildman–Crippen MR) is 130 cm³/mol. The Kier molecular flexibility index (Phi) is 6.27. The van der Waals surface area contributed by atoms with Crippen molar-refractivity contribution < 1.29 is 14.3 Å². The molecule has 0 saturated carbocycles. The number of anilines is 1. The molecule has 2 unspecified atom stereocenters. The number of aromatic nitrogens is 1. The number of rotatable bonds is 6. The summed E-state index contributed by atoms with van der Waals surface area (Å²) in [5.41, 5.74) is 5.44. The summed E-state index contributed by atoms with van der Waals surface area (Å²) in [4.78, 5) is 26.9. The number of carbonyl (C=O) groups excluding carboxylic acids is 2. The number of ether oxygens (including phenoxy) is 1. The summed E-state index contributed by atoms with van der Waals surface area (Å²) in [6.07, 6.45) is 0.246. The second kappa shape index (κ2) is 9.14. The van der Waals surface area contributed by atoms with Crippen LogP contribution in [0.2, 0.25) is 0 Å². The van der Waals surface area contributed by atoms with Crippen molar-refractivity contribution in [1.29, 1.82) is 0 Å². The molecule has 2 amide bonds. The lowest BCUT2D eigenvalue weighted by Gasteiger charge is -2.19. The molecule has 3 aromatic rings. The molecule has 172 valence electrons. The Morgan fingerprint density at radius 1 is 1.09 bits per heavy atom. The number of likely N-dealkylation sites (tertiary alicyclic amines) is 1. The van der Waals surface area contributed by atoms with Crippen molar-refractivity contribution in [3.8, 4) is 5.75 Å². The highest BCUT2D eigenvalue weighted by Gasteiger charge is 2.30. The molecule has 1 aromatic heterocycles. The lowest BCUT2D eigenvalue weighted by Crippen LogP contribution is -2.29. The molecule has 2 atom stereocenters. The fourth-order valence-electron chi connectivity index (χ4n) is 4.59. The fourth-order valence-corrected chi connectivity index (χ4v) is 4.59. The lowest BCUT2D eigenvalue weighted by molar-refractivity contribution is -0.132. The third-order valence-corrected chi connectivity index (χ3v) is 6.50. The Labute approximate surface area is 195 Å². The minimum atomic E-state index is -0.438. The zero-order chi connectivity index (χ0) is 23.7. The highest BCUT2D eigenvalue weighted by Crippen LogP contribution is 2.28. The molecule has 0 bridgehead atoms. The van der Waals surface area contributed by atoms with Crippen molar-refractivity contribution in [3.05, 3.63) is 82.7 Å². The quantitative estimate of drug-likeness (QED) is 0.588. The van der Waals surface area contributed by atoms with Crippen LogP contribution in [-0.2, 0) is 4.79 Å². The maximum Gasteiger partial charge on any atom is 0.263 e. The predicted octanol–water partition coefficient (Wildman–Crippen LogP) is 4.88. The van der Waals surface area contributed by atoms with Gasteiger partial charge in [0.1, 0.15) is 5.75 Å². The third kappa shape index (κ3) is 4.51. The Balaban J connectivity index is 1.50. The Morgan fingerprint density at radius 2 is 1.82 bits per heavy atom. The Bertz CT molecular complexity index is 1180. The van der Waals surface area contributed by atoms with Gasteiger partial charge in [0.25, 0.3) is 11.8 Å². The Morgan fingerprint density at radius 3 is 2.45 bits per heavy atom. The van der Waals surface area contributed by atoms with E-state index in [1.54, 1.807) is 18.0 Å². The second-order valence-corrected chi connectivity index (χ2v) is 8.83. The van der Waals surface area contributed by atoms with Crippen molar-refractivity contribution >= 4 is 17.5 Å². The summed E-state index contributed by atoms with van der Waals surface area (Å²) < 4.78 is 8.08. The van der Waals surface area contributed by atoms with Gasteiger partial charge in [0.05, 0.1) is 11.6 Å². The largest absolute Gasteiger partial charge is 0.481 e. The summed E-state index contributed by atoms with van der Waals surface area (Å²) >= 11 is 0. The van der Waals surface area contributed by atoms with E-state index in [1.807, 2.05) is 57.2 Å². The van der Waals surface area contributed by atoms with Gasteiger partial charge >= 0.3 is 0 Å². The van der Waals surface area contributed by atoms with E-state index >= 15 is 0 Å². The van der Waals surface area contributed by atoms with E-state index in [2.05, 4.69) is 28.9 Å². The topological polar surface area (TPSA) is 63.6 Å². The maximum absolute atomic E-state index is 13.1. The van der Waals surface area contributed by atoms with Crippen LogP contribution in [0.15, 0.2) is 54.6 Å². The second-order valence-electron chi connectivity index (χ2n) is 8.83. The molecule has 1 aliphatic rings. The van der Waals surface area contributed by atoms with E-state index in [-0.39, 0.29) is 17.9 Å². The van der Waals surface area contributed by atoms with Gasteiger partial charge in [0, 0.05) is 37.1 Å². The first-order valence-corrected chi connectivity index (χ1v) is 11.3. The molecule has 2 aromatic carbocycles. The zero-order valence-corrected chi connectivity index (χ0v) is 19.9. The zero-order valence-electron chi connectivity index (χ0n) is 19.9. The van der Waals surface area contributed by atoms with Crippen LogP contribution < -0.4 is 10.1 Å². The number of aryl methyl sites for hydroxylation is 2. The number of amides is 2. The van der Waals surface area contributed by atoms with Crippen molar-refractivity contribution in [2.75, 3.05) is 18.9 Å². The van der Waals surface area contributed by atoms with E-state index < -0.39 is 6.10 Å². The van der Waals surface area contributed by atoms with Crippen LogP contribution in [0.5, 0.6) is 5.75 Å². The molecule has 6 heteroatoms. The van der Waals surface area contributed by atoms with Crippen LogP contribution in [0.3, 0.4) is 0 Å². The standard InChI is InChI=1S/C27H31N3O3/c1-17-15-22(33-25-13-14-29(5)27(25)32)11-12-24(17)28-26(31)23-16-18(2)30(20(23)4)19(3)21-9-7-6-8-10-21/h6-12,15-16,19,25H,13-14H2,1-5H3,(H,28,31). The molecular formula is C27H31N3O3. The molecule has 0 spiro atoms. The van der Waals surface area contributed by atoms with Gasteiger partial charge in [-0.15, -0.1) is 0 Å². The average Bonchev–Trinajstić information content (AvgIpc) is 3.28. The molecular weight excluding hydrogens is 414 g/mol. The van der Waals surface area contributed by atoms with Crippen molar-refractivity contribution in [2.24, 2.45) is 0 Å². The monoisotopic (exact) mass is 445 g/mol. The number of hydrogen-bond acceptors (Lipinski definition) is 3. The van der Waals surface area contributed by atoms with Crippen LogP contribution in [0.1, 0.15) is 52.3 Å². The highest BCUT2D eigenvalue weighted by atomic mass is 16.5. The molecule has 1 aliphatic heterocycles. The minimum absolute atomic E-state index is 0.00474. The van der Waals surface area contributed by atoms with E-state index in [0.717, 1.165) is 22.6 Å². The maximum atomic E-state index is 13.1. The lowest BCUT2D eigenvalue weighted by atomic mass is 10.1. The van der Waals surface area contributed by atoms with Crippen molar-refractivity contribution in [3.63, 3.8) is 0 Å². The molecule has 0 radical (unpaired) electrons. The summed E-state index contributed by atoms with van der Waals surface area (Å²) in [6.45, 7) is 8.79. The fraction of sp³-hybridized carbons (Fsp3) is 0.333. The van der Waals surface area contributed by atoms with Crippen LogP contribution in [0, 0.1) is 20.8 Å². The molecule has 1 saturated heterocycles. The van der Waals surface area contributed by atoms with Crippen LogP contribution in [-0.4, -0.2) is 41.0 Å². The summed E-state index contributed by atoms with van der Waals surface area (Å²) in [5, 5.41) is 3.04. The minimum Gasteiger partial charge on any atom is -0.481 e. The first-order valence-electron chi connectivity index (χ1n) is 11.3. The summed E-state index contributed by atoms with van der Waals surface area (Å²) in [5.74, 6) is 0.498. The molecule has 2 heterocycles. The third-order valence-electron chi connectivity index (χ3n) is 6.50. The smallest absolute Gasteiger partial charge is 0.263 e. The molecule has 0 aliphatic carbocycles. The van der Waals surface area contributed by atoms with Gasteiger partial charge in [-0.05, 0) is 63.1 Å². The van der Waals surface area contributed by atoms with Crippen LogP contribution >= 0.6 is 0 Å². The highest BCUT2D eigenvalue weighted by molar-refractivity contribution is 6.05. The van der Waals surface area contributed by atoms with Gasteiger partial charge in [-0.3, -0.25) is 9.59 Å². The van der Waals surface area contributed by atoms with E-state index in [4.69, 9.17) is 4.74 Å². The van der Waals surface area contributed by atoms with Gasteiger partial charge in [-0.2, -0.15) is 0 Å². The van der Waals surface area contributed by atoms with E-state index in [0.29, 0.717) is 24.3 Å².